The summed E-state index contributed by atoms with van der Waals surface area (Å²) in [6.45, 7) is 4.00. The molecule has 5 rings (SSSR count). The number of anilines is 1. The van der Waals surface area contributed by atoms with Crippen LogP contribution in [-0.2, 0) is 16.8 Å². The van der Waals surface area contributed by atoms with E-state index in [0.29, 0.717) is 22.7 Å². The van der Waals surface area contributed by atoms with E-state index in [1.807, 2.05) is 74.5 Å². The van der Waals surface area contributed by atoms with Crippen molar-refractivity contribution in [3.63, 3.8) is 0 Å². The molecule has 1 unspecified atom stereocenters. The standard InChI is InChI=1S/C29H24ClNO3/c1-18-15-22(16-19(2)27(18)33)29(21-11-13-23(32)14-12-21)24-8-4-6-10-26(24)31(28(29)34)17-20-7-3-5-9-25(20)30/h3-16,32-33H,17H2,1-2H3. The molecule has 0 spiro atoms. The Morgan fingerprint density at radius 1 is 0.824 bits per heavy atom. The van der Waals surface area contributed by atoms with E-state index in [2.05, 4.69) is 0 Å². The molecule has 4 aromatic rings. The highest BCUT2D eigenvalue weighted by Crippen LogP contribution is 2.52. The molecule has 0 radical (unpaired) electrons. The van der Waals surface area contributed by atoms with Crippen LogP contribution in [-0.4, -0.2) is 16.1 Å². The first-order chi connectivity index (χ1) is 16.3. The first-order valence-corrected chi connectivity index (χ1v) is 11.5. The normalized spacial score (nSPS) is 17.1. The summed E-state index contributed by atoms with van der Waals surface area (Å²) in [7, 11) is 0. The van der Waals surface area contributed by atoms with Crippen LogP contribution in [0.4, 0.5) is 5.69 Å². The Bertz CT molecular complexity index is 1390. The van der Waals surface area contributed by atoms with Crippen LogP contribution in [0.15, 0.2) is 84.9 Å². The van der Waals surface area contributed by atoms with Crippen molar-refractivity contribution in [2.45, 2.75) is 25.8 Å². The Labute approximate surface area is 203 Å². The second-order valence-corrected chi connectivity index (χ2v) is 9.16. The molecule has 0 saturated carbocycles. The van der Waals surface area contributed by atoms with E-state index in [1.54, 1.807) is 29.2 Å². The molecule has 1 atom stereocenters. The summed E-state index contributed by atoms with van der Waals surface area (Å²) in [6.07, 6.45) is 0. The highest BCUT2D eigenvalue weighted by atomic mass is 35.5. The number of fused-ring (bicyclic) bond motifs is 1. The van der Waals surface area contributed by atoms with Crippen LogP contribution < -0.4 is 4.90 Å². The molecule has 34 heavy (non-hydrogen) atoms. The van der Waals surface area contributed by atoms with Gasteiger partial charge in [-0.15, -0.1) is 0 Å². The zero-order valence-electron chi connectivity index (χ0n) is 18.9. The fraction of sp³-hybridized carbons (Fsp3) is 0.138. The number of phenols is 2. The molecule has 1 heterocycles. The maximum atomic E-state index is 14.6. The van der Waals surface area contributed by atoms with Crippen LogP contribution in [0.25, 0.3) is 0 Å². The number of carbonyl (C=O) groups is 1. The number of halogens is 1. The number of benzene rings is 4. The largest absolute Gasteiger partial charge is 0.508 e. The molecule has 0 aliphatic carbocycles. The molecular weight excluding hydrogens is 446 g/mol. The minimum absolute atomic E-state index is 0.108. The van der Waals surface area contributed by atoms with Crippen molar-refractivity contribution in [3.8, 4) is 11.5 Å². The lowest BCUT2D eigenvalue weighted by molar-refractivity contribution is -0.120. The minimum atomic E-state index is -1.14. The van der Waals surface area contributed by atoms with Gasteiger partial charge < -0.3 is 15.1 Å². The van der Waals surface area contributed by atoms with Crippen molar-refractivity contribution in [2.24, 2.45) is 0 Å². The van der Waals surface area contributed by atoms with E-state index < -0.39 is 5.41 Å². The molecule has 0 fully saturated rings. The molecule has 2 N–H and O–H groups in total. The number of hydrogen-bond acceptors (Lipinski definition) is 3. The summed E-state index contributed by atoms with van der Waals surface area (Å²) in [5, 5.41) is 21.0. The van der Waals surface area contributed by atoms with Crippen LogP contribution in [0.5, 0.6) is 11.5 Å². The van der Waals surface area contributed by atoms with Crippen LogP contribution in [0, 0.1) is 13.8 Å². The van der Waals surface area contributed by atoms with E-state index in [4.69, 9.17) is 11.6 Å². The average Bonchev–Trinajstić information content (AvgIpc) is 3.08. The third-order valence-corrected chi connectivity index (χ3v) is 7.04. The van der Waals surface area contributed by atoms with Crippen LogP contribution >= 0.6 is 11.6 Å². The molecule has 1 amide bonds. The predicted molar refractivity (Wildman–Crippen MR) is 135 cm³/mol. The molecule has 1 aliphatic heterocycles. The van der Waals surface area contributed by atoms with Crippen molar-refractivity contribution < 1.29 is 15.0 Å². The second kappa shape index (κ2) is 8.23. The van der Waals surface area contributed by atoms with Gasteiger partial charge in [0.2, 0.25) is 5.91 Å². The van der Waals surface area contributed by atoms with Crippen molar-refractivity contribution >= 4 is 23.2 Å². The smallest absolute Gasteiger partial charge is 0.247 e. The van der Waals surface area contributed by atoms with Gasteiger partial charge in [-0.2, -0.15) is 0 Å². The predicted octanol–water partition coefficient (Wildman–Crippen LogP) is 6.25. The summed E-state index contributed by atoms with van der Waals surface area (Å²) >= 11 is 6.47. The van der Waals surface area contributed by atoms with Crippen molar-refractivity contribution in [1.82, 2.24) is 0 Å². The van der Waals surface area contributed by atoms with Crippen LogP contribution in [0.1, 0.15) is 33.4 Å². The molecule has 5 heteroatoms. The average molecular weight is 470 g/mol. The number of carbonyl (C=O) groups excluding carboxylic acids is 1. The fourth-order valence-electron chi connectivity index (χ4n) is 5.02. The zero-order valence-corrected chi connectivity index (χ0v) is 19.7. The number of aryl methyl sites for hydroxylation is 2. The molecule has 0 aromatic heterocycles. The van der Waals surface area contributed by atoms with Gasteiger partial charge >= 0.3 is 0 Å². The molecule has 4 aromatic carbocycles. The Balaban J connectivity index is 1.80. The van der Waals surface area contributed by atoms with Gasteiger partial charge in [-0.1, -0.05) is 72.3 Å². The van der Waals surface area contributed by atoms with Gasteiger partial charge in [0.1, 0.15) is 16.9 Å². The van der Waals surface area contributed by atoms with Crippen molar-refractivity contribution in [3.05, 3.63) is 123 Å². The van der Waals surface area contributed by atoms with Crippen molar-refractivity contribution in [2.75, 3.05) is 4.90 Å². The van der Waals surface area contributed by atoms with E-state index in [1.165, 1.54) is 0 Å². The van der Waals surface area contributed by atoms with Crippen LogP contribution in [0.2, 0.25) is 5.02 Å². The lowest BCUT2D eigenvalue weighted by atomic mass is 9.69. The zero-order chi connectivity index (χ0) is 24.0. The van der Waals surface area contributed by atoms with Crippen LogP contribution in [0.3, 0.4) is 0 Å². The number of nitrogens with zero attached hydrogens (tertiary/aromatic N) is 1. The topological polar surface area (TPSA) is 60.8 Å². The van der Waals surface area contributed by atoms with Gasteiger partial charge in [-0.3, -0.25) is 4.79 Å². The number of para-hydroxylation sites is 1. The fourth-order valence-corrected chi connectivity index (χ4v) is 5.21. The SMILES string of the molecule is Cc1cc(C2(c3ccc(O)cc3)C(=O)N(Cc3ccccc3Cl)c3ccccc32)cc(C)c1O. The molecule has 0 saturated heterocycles. The van der Waals surface area contributed by atoms with Gasteiger partial charge in [-0.25, -0.2) is 0 Å². The molecular formula is C29H24ClNO3. The number of amides is 1. The van der Waals surface area contributed by atoms with Crippen molar-refractivity contribution in [1.29, 1.82) is 0 Å². The van der Waals surface area contributed by atoms with E-state index in [9.17, 15) is 15.0 Å². The Hall–Kier alpha value is -3.76. The van der Waals surface area contributed by atoms with E-state index in [0.717, 1.165) is 27.9 Å². The molecule has 4 nitrogen and oxygen atoms in total. The number of phenolic OH excluding ortho intramolecular Hbond substituents is 2. The monoisotopic (exact) mass is 469 g/mol. The molecule has 170 valence electrons. The Morgan fingerprint density at radius 2 is 1.44 bits per heavy atom. The van der Waals surface area contributed by atoms with E-state index >= 15 is 0 Å². The van der Waals surface area contributed by atoms with Gasteiger partial charge in [0.25, 0.3) is 0 Å². The summed E-state index contributed by atoms with van der Waals surface area (Å²) in [6, 6.07) is 25.8. The number of hydrogen-bond donors (Lipinski definition) is 2. The summed E-state index contributed by atoms with van der Waals surface area (Å²) < 4.78 is 0. The quantitative estimate of drug-likeness (QED) is 0.371. The van der Waals surface area contributed by atoms with Gasteiger partial charge in [0.05, 0.1) is 6.54 Å². The third kappa shape index (κ3) is 3.25. The Kier molecular flexibility index (Phi) is 5.34. The number of rotatable bonds is 4. The maximum Gasteiger partial charge on any atom is 0.247 e. The maximum absolute atomic E-state index is 14.6. The van der Waals surface area contributed by atoms with Gasteiger partial charge in [-0.05, 0) is 65.9 Å². The highest BCUT2D eigenvalue weighted by molar-refractivity contribution is 6.31. The highest BCUT2D eigenvalue weighted by Gasteiger charge is 2.53. The first-order valence-electron chi connectivity index (χ1n) is 11.1. The lowest BCUT2D eigenvalue weighted by Crippen LogP contribution is -2.42. The summed E-state index contributed by atoms with van der Waals surface area (Å²) in [5.41, 5.74) is 4.28. The first kappa shape index (κ1) is 22.1. The second-order valence-electron chi connectivity index (χ2n) is 8.76. The summed E-state index contributed by atoms with van der Waals surface area (Å²) in [5.74, 6) is 0.240. The van der Waals surface area contributed by atoms with Gasteiger partial charge in [0, 0.05) is 16.3 Å². The van der Waals surface area contributed by atoms with Gasteiger partial charge in [0.15, 0.2) is 0 Å². The lowest BCUT2D eigenvalue weighted by Gasteiger charge is -2.31. The van der Waals surface area contributed by atoms with E-state index in [-0.39, 0.29) is 17.4 Å². The Morgan fingerprint density at radius 3 is 2.12 bits per heavy atom. The minimum Gasteiger partial charge on any atom is -0.508 e. The summed E-state index contributed by atoms with van der Waals surface area (Å²) in [4.78, 5) is 16.3. The molecule has 1 aliphatic rings. The molecule has 0 bridgehead atoms. The third-order valence-electron chi connectivity index (χ3n) is 6.68. The number of aromatic hydroxyl groups is 2.